The molecule has 3 nitrogen and oxygen atoms in total. The first-order chi connectivity index (χ1) is 8.41. The maximum Gasteiger partial charge on any atom is 0.307 e. The Labute approximate surface area is 109 Å². The first kappa shape index (κ1) is 14.7. The fourth-order valence-electron chi connectivity index (χ4n) is 1.92. The molecule has 1 aromatic carbocycles. The average molecular weight is 249 g/mol. The van der Waals surface area contributed by atoms with Crippen LogP contribution in [0.25, 0.3) is 0 Å². The van der Waals surface area contributed by atoms with E-state index in [0.717, 1.165) is 13.0 Å². The van der Waals surface area contributed by atoms with E-state index >= 15 is 0 Å². The summed E-state index contributed by atoms with van der Waals surface area (Å²) in [5, 5.41) is 12.0. The van der Waals surface area contributed by atoms with Gasteiger partial charge in [0, 0.05) is 6.54 Å². The molecule has 1 rings (SSSR count). The molecule has 0 spiro atoms. The largest absolute Gasteiger partial charge is 0.481 e. The summed E-state index contributed by atoms with van der Waals surface area (Å²) in [5.41, 5.74) is 5.29. The number of hydrogen-bond donors (Lipinski definition) is 2. The summed E-state index contributed by atoms with van der Waals surface area (Å²) < 4.78 is 0. The van der Waals surface area contributed by atoms with E-state index in [-0.39, 0.29) is 5.92 Å². The highest BCUT2D eigenvalue weighted by molar-refractivity contribution is 5.69. The molecule has 0 bridgehead atoms. The van der Waals surface area contributed by atoms with Crippen molar-refractivity contribution >= 4 is 5.97 Å². The lowest BCUT2D eigenvalue weighted by molar-refractivity contribution is -0.140. The predicted molar refractivity (Wildman–Crippen MR) is 74.0 cm³/mol. The molecule has 0 saturated heterocycles. The number of benzene rings is 1. The van der Waals surface area contributed by atoms with Crippen LogP contribution in [0.15, 0.2) is 12.1 Å². The molecule has 18 heavy (non-hydrogen) atoms. The number of hydrogen-bond acceptors (Lipinski definition) is 2. The SMILES string of the molecule is Cc1cc(C)c(CCNCC(C)C(=O)O)cc1C. The zero-order chi connectivity index (χ0) is 13.7. The van der Waals surface area contributed by atoms with Crippen molar-refractivity contribution in [3.8, 4) is 0 Å². The van der Waals surface area contributed by atoms with E-state index in [2.05, 4.69) is 38.2 Å². The third kappa shape index (κ3) is 4.15. The summed E-state index contributed by atoms with van der Waals surface area (Å²) >= 11 is 0. The summed E-state index contributed by atoms with van der Waals surface area (Å²) in [5.74, 6) is -1.07. The van der Waals surface area contributed by atoms with Crippen LogP contribution in [-0.4, -0.2) is 24.2 Å². The monoisotopic (exact) mass is 249 g/mol. The van der Waals surface area contributed by atoms with Crippen molar-refractivity contribution in [2.24, 2.45) is 5.92 Å². The number of carbonyl (C=O) groups is 1. The Morgan fingerprint density at radius 2 is 1.83 bits per heavy atom. The van der Waals surface area contributed by atoms with Gasteiger partial charge in [-0.05, 0) is 56.0 Å². The van der Waals surface area contributed by atoms with Gasteiger partial charge in [-0.3, -0.25) is 4.79 Å². The molecular formula is C15H23NO2. The quantitative estimate of drug-likeness (QED) is 0.761. The van der Waals surface area contributed by atoms with Gasteiger partial charge in [0.05, 0.1) is 5.92 Å². The van der Waals surface area contributed by atoms with Crippen LogP contribution in [0.4, 0.5) is 0 Å². The highest BCUT2D eigenvalue weighted by atomic mass is 16.4. The van der Waals surface area contributed by atoms with E-state index in [9.17, 15) is 4.79 Å². The molecule has 0 aliphatic carbocycles. The van der Waals surface area contributed by atoms with Crippen LogP contribution >= 0.6 is 0 Å². The zero-order valence-electron chi connectivity index (χ0n) is 11.7. The molecule has 0 aliphatic rings. The maximum atomic E-state index is 10.7. The van der Waals surface area contributed by atoms with E-state index in [1.54, 1.807) is 6.92 Å². The van der Waals surface area contributed by atoms with E-state index in [1.165, 1.54) is 22.3 Å². The van der Waals surface area contributed by atoms with Crippen molar-refractivity contribution in [3.05, 3.63) is 34.4 Å². The topological polar surface area (TPSA) is 49.3 Å². The number of rotatable bonds is 6. The van der Waals surface area contributed by atoms with Crippen molar-refractivity contribution in [1.29, 1.82) is 0 Å². The van der Waals surface area contributed by atoms with E-state index < -0.39 is 5.97 Å². The van der Waals surface area contributed by atoms with Gasteiger partial charge in [-0.25, -0.2) is 0 Å². The first-order valence-corrected chi connectivity index (χ1v) is 6.42. The number of aliphatic carboxylic acids is 1. The molecule has 0 saturated carbocycles. The standard InChI is InChI=1S/C15H23NO2/c1-10-7-12(3)14(8-11(10)2)5-6-16-9-13(4)15(17)18/h7-8,13,16H,5-6,9H2,1-4H3,(H,17,18). The van der Waals surface area contributed by atoms with Crippen molar-refractivity contribution < 1.29 is 9.90 Å². The summed E-state index contributed by atoms with van der Waals surface area (Å²) in [4.78, 5) is 10.7. The van der Waals surface area contributed by atoms with Gasteiger partial charge in [-0.1, -0.05) is 19.1 Å². The zero-order valence-corrected chi connectivity index (χ0v) is 11.7. The fraction of sp³-hybridized carbons (Fsp3) is 0.533. The molecular weight excluding hydrogens is 226 g/mol. The lowest BCUT2D eigenvalue weighted by Gasteiger charge is -2.11. The van der Waals surface area contributed by atoms with Crippen LogP contribution in [0, 0.1) is 26.7 Å². The van der Waals surface area contributed by atoms with Crippen molar-refractivity contribution in [2.75, 3.05) is 13.1 Å². The minimum Gasteiger partial charge on any atom is -0.481 e. The Kier molecular flexibility index (Phi) is 5.35. The predicted octanol–water partition coefficient (Wildman–Crippen LogP) is 2.46. The van der Waals surface area contributed by atoms with Crippen molar-refractivity contribution in [2.45, 2.75) is 34.1 Å². The summed E-state index contributed by atoms with van der Waals surface area (Å²) in [6.45, 7) is 9.44. The van der Waals surface area contributed by atoms with Gasteiger partial charge in [0.1, 0.15) is 0 Å². The molecule has 2 N–H and O–H groups in total. The van der Waals surface area contributed by atoms with Crippen molar-refractivity contribution in [3.63, 3.8) is 0 Å². The highest BCUT2D eigenvalue weighted by Crippen LogP contribution is 2.15. The van der Waals surface area contributed by atoms with E-state index in [0.29, 0.717) is 6.54 Å². The molecule has 0 fully saturated rings. The van der Waals surface area contributed by atoms with Gasteiger partial charge in [-0.15, -0.1) is 0 Å². The molecule has 0 heterocycles. The molecule has 1 atom stereocenters. The lowest BCUT2D eigenvalue weighted by Crippen LogP contribution is -2.28. The van der Waals surface area contributed by atoms with Crippen LogP contribution in [0.3, 0.4) is 0 Å². The third-order valence-electron chi connectivity index (χ3n) is 3.40. The Morgan fingerprint density at radius 3 is 2.44 bits per heavy atom. The molecule has 0 amide bonds. The van der Waals surface area contributed by atoms with Crippen LogP contribution in [0.2, 0.25) is 0 Å². The fourth-order valence-corrected chi connectivity index (χ4v) is 1.92. The number of carboxylic acids is 1. The molecule has 1 aromatic rings. The van der Waals surface area contributed by atoms with Crippen LogP contribution in [-0.2, 0) is 11.2 Å². The normalized spacial score (nSPS) is 12.4. The Hall–Kier alpha value is -1.35. The molecule has 3 heteroatoms. The van der Waals surface area contributed by atoms with Gasteiger partial charge in [-0.2, -0.15) is 0 Å². The summed E-state index contributed by atoms with van der Waals surface area (Å²) in [6, 6.07) is 4.44. The van der Waals surface area contributed by atoms with Crippen molar-refractivity contribution in [1.82, 2.24) is 5.32 Å². The van der Waals surface area contributed by atoms with Crippen LogP contribution in [0.1, 0.15) is 29.2 Å². The first-order valence-electron chi connectivity index (χ1n) is 6.42. The Bertz CT molecular complexity index is 427. The minimum absolute atomic E-state index is 0.328. The van der Waals surface area contributed by atoms with Gasteiger partial charge in [0.25, 0.3) is 0 Å². The van der Waals surface area contributed by atoms with Gasteiger partial charge in [0.15, 0.2) is 0 Å². The average Bonchev–Trinajstić information content (AvgIpc) is 2.30. The number of nitrogens with one attached hydrogen (secondary N) is 1. The second kappa shape index (κ2) is 6.55. The smallest absolute Gasteiger partial charge is 0.307 e. The Morgan fingerprint density at radius 1 is 1.22 bits per heavy atom. The van der Waals surface area contributed by atoms with E-state index in [4.69, 9.17) is 5.11 Å². The second-order valence-corrected chi connectivity index (χ2v) is 5.06. The highest BCUT2D eigenvalue weighted by Gasteiger charge is 2.09. The van der Waals surface area contributed by atoms with Crippen LogP contribution in [0.5, 0.6) is 0 Å². The van der Waals surface area contributed by atoms with E-state index in [1.807, 2.05) is 0 Å². The molecule has 1 unspecified atom stereocenters. The van der Waals surface area contributed by atoms with Gasteiger partial charge in [0.2, 0.25) is 0 Å². The van der Waals surface area contributed by atoms with Gasteiger partial charge >= 0.3 is 5.97 Å². The second-order valence-electron chi connectivity index (χ2n) is 5.06. The Balaban J connectivity index is 2.45. The molecule has 0 aliphatic heterocycles. The number of aryl methyl sites for hydroxylation is 3. The van der Waals surface area contributed by atoms with Crippen LogP contribution < -0.4 is 5.32 Å². The molecule has 100 valence electrons. The minimum atomic E-state index is -0.745. The molecule has 0 radical (unpaired) electrons. The lowest BCUT2D eigenvalue weighted by atomic mass is 9.99. The third-order valence-corrected chi connectivity index (χ3v) is 3.40. The maximum absolute atomic E-state index is 10.7. The molecule has 0 aromatic heterocycles. The summed E-state index contributed by atoms with van der Waals surface area (Å²) in [7, 11) is 0. The van der Waals surface area contributed by atoms with Gasteiger partial charge < -0.3 is 10.4 Å². The summed E-state index contributed by atoms with van der Waals surface area (Å²) in [6.07, 6.45) is 0.944. The number of carboxylic acid groups (broad SMARTS) is 1.